The third kappa shape index (κ3) is 5.11. The van der Waals surface area contributed by atoms with Crippen LogP contribution in [0.4, 0.5) is 0 Å². The van der Waals surface area contributed by atoms with E-state index >= 15 is 0 Å². The van der Waals surface area contributed by atoms with Crippen LogP contribution in [-0.2, 0) is 12.8 Å². The second-order valence-electron chi connectivity index (χ2n) is 7.28. The molecule has 0 atom stereocenters. The van der Waals surface area contributed by atoms with Gasteiger partial charge in [0, 0.05) is 45.2 Å². The average molecular weight is 345 g/mol. The molecular weight excluding hydrogens is 312 g/mol. The van der Waals surface area contributed by atoms with Gasteiger partial charge in [-0.25, -0.2) is 0 Å². The van der Waals surface area contributed by atoms with Gasteiger partial charge in [-0.1, -0.05) is 12.1 Å². The average Bonchev–Trinajstić information content (AvgIpc) is 3.33. The maximum atomic E-state index is 5.57. The van der Waals surface area contributed by atoms with Gasteiger partial charge in [-0.2, -0.15) is 0 Å². The molecule has 1 aromatic rings. The summed E-state index contributed by atoms with van der Waals surface area (Å²) in [7, 11) is 1.84. The standard InChI is InChI=1S/C20H32N4O/c1-15(2)24(18-5-6-18)12-11-23-20(21-3)22-10-8-16-4-7-19-17(14-16)9-13-25-19/h4,7,14-15,18H,5-6,8-13H2,1-3H3,(H2,21,22,23). The maximum Gasteiger partial charge on any atom is 0.191 e. The van der Waals surface area contributed by atoms with Gasteiger partial charge in [0.05, 0.1) is 6.61 Å². The van der Waals surface area contributed by atoms with Crippen LogP contribution in [0, 0.1) is 0 Å². The second kappa shape index (κ2) is 8.56. The summed E-state index contributed by atoms with van der Waals surface area (Å²) in [5.41, 5.74) is 2.70. The minimum atomic E-state index is 0.619. The zero-order chi connectivity index (χ0) is 17.6. The van der Waals surface area contributed by atoms with Crippen LogP contribution in [0.2, 0.25) is 0 Å². The zero-order valence-corrected chi connectivity index (χ0v) is 15.8. The molecule has 2 aliphatic rings. The van der Waals surface area contributed by atoms with E-state index in [0.29, 0.717) is 6.04 Å². The normalized spacial score (nSPS) is 16.9. The first-order valence-corrected chi connectivity index (χ1v) is 9.62. The third-order valence-electron chi connectivity index (χ3n) is 5.03. The monoisotopic (exact) mass is 344 g/mol. The van der Waals surface area contributed by atoms with Crippen LogP contribution < -0.4 is 15.4 Å². The molecule has 5 heteroatoms. The summed E-state index contributed by atoms with van der Waals surface area (Å²) in [5.74, 6) is 1.95. The van der Waals surface area contributed by atoms with Crippen molar-refractivity contribution >= 4 is 5.96 Å². The molecule has 1 aromatic carbocycles. The molecule has 0 bridgehead atoms. The number of ether oxygens (including phenoxy) is 1. The summed E-state index contributed by atoms with van der Waals surface area (Å²) in [6.45, 7) is 8.29. The van der Waals surface area contributed by atoms with Crippen molar-refractivity contribution in [3.63, 3.8) is 0 Å². The number of guanidine groups is 1. The molecule has 0 radical (unpaired) electrons. The Morgan fingerprint density at radius 2 is 2.08 bits per heavy atom. The van der Waals surface area contributed by atoms with Crippen molar-refractivity contribution in [1.29, 1.82) is 0 Å². The van der Waals surface area contributed by atoms with Gasteiger partial charge in [-0.15, -0.1) is 0 Å². The van der Waals surface area contributed by atoms with E-state index in [1.165, 1.54) is 24.0 Å². The number of nitrogens with one attached hydrogen (secondary N) is 2. The Labute approximate surface area is 151 Å². The van der Waals surface area contributed by atoms with E-state index < -0.39 is 0 Å². The lowest BCUT2D eigenvalue weighted by Crippen LogP contribution is -2.44. The van der Waals surface area contributed by atoms with Crippen molar-refractivity contribution in [3.05, 3.63) is 29.3 Å². The van der Waals surface area contributed by atoms with E-state index in [1.54, 1.807) is 0 Å². The molecule has 5 nitrogen and oxygen atoms in total. The van der Waals surface area contributed by atoms with Gasteiger partial charge < -0.3 is 15.4 Å². The largest absolute Gasteiger partial charge is 0.493 e. The highest BCUT2D eigenvalue weighted by molar-refractivity contribution is 5.79. The summed E-state index contributed by atoms with van der Waals surface area (Å²) in [5, 5.41) is 6.87. The molecule has 3 rings (SSSR count). The molecule has 1 saturated carbocycles. The highest BCUT2D eigenvalue weighted by atomic mass is 16.5. The SMILES string of the molecule is CN=C(NCCc1ccc2c(c1)CCO2)NCCN(C(C)C)C1CC1. The molecule has 138 valence electrons. The van der Waals surface area contributed by atoms with Crippen molar-refractivity contribution < 1.29 is 4.74 Å². The van der Waals surface area contributed by atoms with Crippen LogP contribution in [0.1, 0.15) is 37.8 Å². The molecule has 1 aliphatic carbocycles. The highest BCUT2D eigenvalue weighted by Crippen LogP contribution is 2.28. The maximum absolute atomic E-state index is 5.57. The molecule has 0 unspecified atom stereocenters. The van der Waals surface area contributed by atoms with Gasteiger partial charge in [0.15, 0.2) is 5.96 Å². The first-order valence-electron chi connectivity index (χ1n) is 9.62. The van der Waals surface area contributed by atoms with E-state index in [-0.39, 0.29) is 0 Å². The van der Waals surface area contributed by atoms with Crippen molar-refractivity contribution in [2.75, 3.05) is 33.3 Å². The van der Waals surface area contributed by atoms with E-state index in [1.807, 2.05) is 7.05 Å². The van der Waals surface area contributed by atoms with Gasteiger partial charge >= 0.3 is 0 Å². The van der Waals surface area contributed by atoms with Crippen LogP contribution in [0.5, 0.6) is 5.75 Å². The summed E-state index contributed by atoms with van der Waals surface area (Å²) >= 11 is 0. The predicted molar refractivity (Wildman–Crippen MR) is 104 cm³/mol. The van der Waals surface area contributed by atoms with Crippen molar-refractivity contribution in [2.45, 2.75) is 51.6 Å². The Balaban J connectivity index is 1.37. The van der Waals surface area contributed by atoms with Gasteiger partial charge in [-0.05, 0) is 50.3 Å². The zero-order valence-electron chi connectivity index (χ0n) is 15.8. The van der Waals surface area contributed by atoms with E-state index in [4.69, 9.17) is 4.74 Å². The van der Waals surface area contributed by atoms with Crippen LogP contribution in [-0.4, -0.2) is 56.2 Å². The molecule has 1 aliphatic heterocycles. The smallest absolute Gasteiger partial charge is 0.191 e. The molecule has 0 amide bonds. The first-order chi connectivity index (χ1) is 12.2. The number of hydrogen-bond donors (Lipinski definition) is 2. The Bertz CT molecular complexity index is 593. The van der Waals surface area contributed by atoms with Gasteiger partial charge in [0.25, 0.3) is 0 Å². The van der Waals surface area contributed by atoms with E-state index in [0.717, 1.165) is 56.8 Å². The van der Waals surface area contributed by atoms with Crippen molar-refractivity contribution in [3.8, 4) is 5.75 Å². The highest BCUT2D eigenvalue weighted by Gasteiger charge is 2.30. The fourth-order valence-corrected chi connectivity index (χ4v) is 3.51. The number of nitrogens with zero attached hydrogens (tertiary/aromatic N) is 2. The Hall–Kier alpha value is -1.75. The predicted octanol–water partition coefficient (Wildman–Crippen LogP) is 2.20. The molecule has 1 fully saturated rings. The van der Waals surface area contributed by atoms with Crippen LogP contribution in [0.25, 0.3) is 0 Å². The quantitative estimate of drug-likeness (QED) is 0.561. The van der Waals surface area contributed by atoms with Crippen molar-refractivity contribution in [1.82, 2.24) is 15.5 Å². The lowest BCUT2D eigenvalue weighted by Gasteiger charge is -2.26. The van der Waals surface area contributed by atoms with Gasteiger partial charge in [0.2, 0.25) is 0 Å². The lowest BCUT2D eigenvalue weighted by atomic mass is 10.1. The molecule has 0 aromatic heterocycles. The molecule has 0 saturated heterocycles. The number of benzene rings is 1. The van der Waals surface area contributed by atoms with Crippen LogP contribution >= 0.6 is 0 Å². The number of aliphatic imine (C=N–C) groups is 1. The summed E-state index contributed by atoms with van der Waals surface area (Å²) in [4.78, 5) is 6.93. The fourth-order valence-electron chi connectivity index (χ4n) is 3.51. The number of rotatable bonds is 8. The Morgan fingerprint density at radius 1 is 1.28 bits per heavy atom. The Kier molecular flexibility index (Phi) is 6.19. The van der Waals surface area contributed by atoms with E-state index in [9.17, 15) is 0 Å². The molecule has 0 spiro atoms. The summed E-state index contributed by atoms with van der Waals surface area (Å²) in [6.07, 6.45) is 4.75. The van der Waals surface area contributed by atoms with Crippen LogP contribution in [0.3, 0.4) is 0 Å². The third-order valence-corrected chi connectivity index (χ3v) is 5.03. The minimum Gasteiger partial charge on any atom is -0.493 e. The minimum absolute atomic E-state index is 0.619. The van der Waals surface area contributed by atoms with E-state index in [2.05, 4.69) is 52.6 Å². The summed E-state index contributed by atoms with van der Waals surface area (Å²) in [6, 6.07) is 7.96. The first kappa shape index (κ1) is 18.1. The molecular formula is C20H32N4O. The Morgan fingerprint density at radius 3 is 2.80 bits per heavy atom. The van der Waals surface area contributed by atoms with Gasteiger partial charge in [-0.3, -0.25) is 9.89 Å². The number of hydrogen-bond acceptors (Lipinski definition) is 3. The fraction of sp³-hybridized carbons (Fsp3) is 0.650. The topological polar surface area (TPSA) is 48.9 Å². The van der Waals surface area contributed by atoms with Gasteiger partial charge in [0.1, 0.15) is 5.75 Å². The van der Waals surface area contributed by atoms with Crippen molar-refractivity contribution in [2.24, 2.45) is 4.99 Å². The van der Waals surface area contributed by atoms with Crippen LogP contribution in [0.15, 0.2) is 23.2 Å². The second-order valence-corrected chi connectivity index (χ2v) is 7.28. The molecule has 1 heterocycles. The number of fused-ring (bicyclic) bond motifs is 1. The lowest BCUT2D eigenvalue weighted by molar-refractivity contribution is 0.215. The molecule has 2 N–H and O–H groups in total. The summed E-state index contributed by atoms with van der Waals surface area (Å²) < 4.78 is 5.57. The molecule has 25 heavy (non-hydrogen) atoms.